The van der Waals surface area contributed by atoms with E-state index in [-0.39, 0.29) is 11.4 Å². The first kappa shape index (κ1) is 16.1. The van der Waals surface area contributed by atoms with E-state index in [9.17, 15) is 4.79 Å². The highest BCUT2D eigenvalue weighted by Gasteiger charge is 2.46. The lowest BCUT2D eigenvalue weighted by Crippen LogP contribution is -2.57. The van der Waals surface area contributed by atoms with Gasteiger partial charge in [0.05, 0.1) is 27.8 Å². The topological polar surface area (TPSA) is 68.0 Å². The van der Waals surface area contributed by atoms with Crippen LogP contribution in [-0.2, 0) is 12.0 Å². The fraction of sp³-hybridized carbons (Fsp3) is 0.474. The quantitative estimate of drug-likeness (QED) is 0.730. The Kier molecular flexibility index (Phi) is 3.68. The Labute approximate surface area is 156 Å². The van der Waals surface area contributed by atoms with Gasteiger partial charge in [0, 0.05) is 31.7 Å². The van der Waals surface area contributed by atoms with E-state index < -0.39 is 0 Å². The molecular weight excluding hydrogens is 346 g/mol. The number of thiophene rings is 1. The number of imidazole rings is 1. The van der Waals surface area contributed by atoms with Gasteiger partial charge in [0.1, 0.15) is 5.69 Å². The van der Waals surface area contributed by atoms with Crippen molar-refractivity contribution in [2.75, 3.05) is 26.2 Å². The summed E-state index contributed by atoms with van der Waals surface area (Å²) >= 11 is 1.67. The van der Waals surface area contributed by atoms with Gasteiger partial charge in [-0.2, -0.15) is 0 Å². The van der Waals surface area contributed by atoms with Crippen molar-refractivity contribution < 1.29 is 4.79 Å². The highest BCUT2D eigenvalue weighted by molar-refractivity contribution is 7.17. The number of nitrogens with one attached hydrogen (secondary N) is 2. The number of rotatable bonds is 2. The molecule has 5 rings (SSSR count). The van der Waals surface area contributed by atoms with Crippen LogP contribution >= 0.6 is 11.3 Å². The molecule has 5 heterocycles. The molecular formula is C19H23N5OS. The maximum atomic E-state index is 12.9. The van der Waals surface area contributed by atoms with Crippen LogP contribution in [0.2, 0.25) is 0 Å². The number of hydrogen-bond acceptors (Lipinski definition) is 4. The summed E-state index contributed by atoms with van der Waals surface area (Å²) in [6.45, 7) is 5.85. The van der Waals surface area contributed by atoms with Crippen LogP contribution in [-0.4, -0.2) is 56.8 Å². The van der Waals surface area contributed by atoms with Crippen molar-refractivity contribution in [2.24, 2.45) is 0 Å². The van der Waals surface area contributed by atoms with Gasteiger partial charge in [0.15, 0.2) is 0 Å². The van der Waals surface area contributed by atoms with Crippen LogP contribution < -0.4 is 0 Å². The number of carbonyl (C=O) groups is 1. The number of piperidine rings is 1. The first-order valence-corrected chi connectivity index (χ1v) is 10.2. The Balaban J connectivity index is 1.38. The molecule has 1 spiro atoms. The number of amides is 1. The van der Waals surface area contributed by atoms with Gasteiger partial charge in [0.25, 0.3) is 5.91 Å². The van der Waals surface area contributed by atoms with Gasteiger partial charge in [-0.05, 0) is 36.9 Å². The second kappa shape index (κ2) is 5.96. The van der Waals surface area contributed by atoms with E-state index in [2.05, 4.69) is 26.8 Å². The van der Waals surface area contributed by atoms with Crippen molar-refractivity contribution in [1.29, 1.82) is 0 Å². The van der Waals surface area contributed by atoms with E-state index in [1.54, 1.807) is 11.3 Å². The van der Waals surface area contributed by atoms with Gasteiger partial charge in [-0.25, -0.2) is 4.98 Å². The van der Waals surface area contributed by atoms with Crippen molar-refractivity contribution >= 4 is 27.5 Å². The summed E-state index contributed by atoms with van der Waals surface area (Å²) in [5, 5.41) is 2.05. The fourth-order valence-electron chi connectivity index (χ4n) is 4.75. The largest absolute Gasteiger partial charge is 0.350 e. The van der Waals surface area contributed by atoms with Gasteiger partial charge in [-0.1, -0.05) is 6.92 Å². The number of hydrogen-bond donors (Lipinski definition) is 2. The minimum absolute atomic E-state index is 0.0187. The zero-order valence-corrected chi connectivity index (χ0v) is 15.7. The number of nitrogens with zero attached hydrogens (tertiary/aromatic N) is 3. The van der Waals surface area contributed by atoms with Gasteiger partial charge < -0.3 is 14.9 Å². The van der Waals surface area contributed by atoms with E-state index in [0.717, 1.165) is 55.7 Å². The second-order valence-corrected chi connectivity index (χ2v) is 8.21. The molecule has 3 aromatic rings. The van der Waals surface area contributed by atoms with Crippen LogP contribution in [0.4, 0.5) is 0 Å². The molecule has 0 saturated carbocycles. The molecule has 1 fully saturated rings. The smallest absolute Gasteiger partial charge is 0.270 e. The summed E-state index contributed by atoms with van der Waals surface area (Å²) in [5.74, 6) is 0.115. The first-order valence-electron chi connectivity index (χ1n) is 9.34. The Morgan fingerprint density at radius 1 is 1.35 bits per heavy atom. The lowest BCUT2D eigenvalue weighted by atomic mass is 9.78. The number of aromatic nitrogens is 3. The summed E-state index contributed by atoms with van der Waals surface area (Å²) in [4.78, 5) is 28.8. The lowest BCUT2D eigenvalue weighted by Gasteiger charge is -2.50. The zero-order valence-electron chi connectivity index (χ0n) is 14.9. The standard InChI is InChI=1S/C19H23N5OS/c1-2-24-7-3-14-17(21-12-20-14)19(24)5-8-23(9-6-19)18(25)15-11-16-13(22-15)4-10-26-16/h4,10-12,22H,2-3,5-9H2,1H3,(H,20,21). The molecule has 1 saturated heterocycles. The minimum Gasteiger partial charge on any atom is -0.350 e. The zero-order chi connectivity index (χ0) is 17.7. The van der Waals surface area contributed by atoms with E-state index in [4.69, 9.17) is 0 Å². The second-order valence-electron chi connectivity index (χ2n) is 7.26. The summed E-state index contributed by atoms with van der Waals surface area (Å²) in [7, 11) is 0. The maximum Gasteiger partial charge on any atom is 0.270 e. The number of aromatic amines is 2. The van der Waals surface area contributed by atoms with Crippen LogP contribution in [0.15, 0.2) is 23.8 Å². The molecule has 7 heteroatoms. The van der Waals surface area contributed by atoms with Crippen molar-refractivity contribution in [1.82, 2.24) is 24.8 Å². The number of likely N-dealkylation sites (tertiary alicyclic amines) is 1. The Morgan fingerprint density at radius 2 is 2.19 bits per heavy atom. The predicted molar refractivity (Wildman–Crippen MR) is 103 cm³/mol. The predicted octanol–water partition coefficient (Wildman–Crippen LogP) is 2.96. The molecule has 136 valence electrons. The van der Waals surface area contributed by atoms with Crippen LogP contribution in [0, 0.1) is 0 Å². The van der Waals surface area contributed by atoms with E-state index in [0.29, 0.717) is 5.69 Å². The Hall–Kier alpha value is -2.12. The van der Waals surface area contributed by atoms with E-state index in [1.807, 2.05) is 28.7 Å². The molecule has 0 aromatic carbocycles. The molecule has 26 heavy (non-hydrogen) atoms. The van der Waals surface area contributed by atoms with Gasteiger partial charge in [0.2, 0.25) is 0 Å². The average Bonchev–Trinajstić information content (AvgIpc) is 3.38. The number of likely N-dealkylation sites (N-methyl/N-ethyl adjacent to an activating group) is 1. The molecule has 1 amide bonds. The van der Waals surface area contributed by atoms with Crippen molar-refractivity contribution in [2.45, 2.75) is 31.7 Å². The maximum absolute atomic E-state index is 12.9. The van der Waals surface area contributed by atoms with Gasteiger partial charge >= 0.3 is 0 Å². The molecule has 2 aliphatic heterocycles. The molecule has 2 N–H and O–H groups in total. The molecule has 0 radical (unpaired) electrons. The molecule has 0 aliphatic carbocycles. The summed E-state index contributed by atoms with van der Waals surface area (Å²) in [6, 6.07) is 4.01. The molecule has 0 bridgehead atoms. The minimum atomic E-state index is -0.0187. The lowest BCUT2D eigenvalue weighted by molar-refractivity contribution is 0.0101. The third-order valence-corrected chi connectivity index (χ3v) is 6.99. The van der Waals surface area contributed by atoms with Crippen LogP contribution in [0.5, 0.6) is 0 Å². The molecule has 0 atom stereocenters. The monoisotopic (exact) mass is 369 g/mol. The van der Waals surface area contributed by atoms with E-state index >= 15 is 0 Å². The summed E-state index contributed by atoms with van der Waals surface area (Å²) in [5.41, 5.74) is 4.23. The first-order chi connectivity index (χ1) is 12.7. The van der Waals surface area contributed by atoms with Crippen molar-refractivity contribution in [3.63, 3.8) is 0 Å². The van der Waals surface area contributed by atoms with Crippen LogP contribution in [0.25, 0.3) is 10.2 Å². The average molecular weight is 369 g/mol. The number of carbonyl (C=O) groups excluding carboxylic acids is 1. The third-order valence-electron chi connectivity index (χ3n) is 6.13. The summed E-state index contributed by atoms with van der Waals surface area (Å²) < 4.78 is 1.15. The normalized spacial score (nSPS) is 20.0. The van der Waals surface area contributed by atoms with Crippen LogP contribution in [0.1, 0.15) is 41.6 Å². The molecule has 2 aliphatic rings. The van der Waals surface area contributed by atoms with Gasteiger partial charge in [-0.15, -0.1) is 11.3 Å². The molecule has 0 unspecified atom stereocenters. The summed E-state index contributed by atoms with van der Waals surface area (Å²) in [6.07, 6.45) is 4.75. The highest BCUT2D eigenvalue weighted by Crippen LogP contribution is 2.42. The fourth-order valence-corrected chi connectivity index (χ4v) is 5.53. The van der Waals surface area contributed by atoms with Crippen molar-refractivity contribution in [3.8, 4) is 0 Å². The molecule has 6 nitrogen and oxygen atoms in total. The third kappa shape index (κ3) is 2.27. The highest BCUT2D eigenvalue weighted by atomic mass is 32.1. The Bertz CT molecular complexity index is 918. The SMILES string of the molecule is CCN1CCc2[nH]cnc2C12CCN(C(=O)c1cc3sccc3[nH]1)CC2. The van der Waals surface area contributed by atoms with Crippen molar-refractivity contribution in [3.05, 3.63) is 40.9 Å². The van der Waals surface area contributed by atoms with Gasteiger partial charge in [-0.3, -0.25) is 9.69 Å². The van der Waals surface area contributed by atoms with Crippen LogP contribution in [0.3, 0.4) is 0 Å². The van der Waals surface area contributed by atoms with E-state index in [1.165, 1.54) is 11.4 Å². The number of H-pyrrole nitrogens is 2. The number of fused-ring (bicyclic) bond motifs is 3. The Morgan fingerprint density at radius 3 is 2.96 bits per heavy atom. The molecule has 3 aromatic heterocycles.